The van der Waals surface area contributed by atoms with E-state index >= 15 is 4.39 Å². The van der Waals surface area contributed by atoms with Crippen molar-refractivity contribution in [2.75, 3.05) is 26.7 Å². The van der Waals surface area contributed by atoms with E-state index in [0.717, 1.165) is 12.1 Å². The topological polar surface area (TPSA) is 62.7 Å². The number of methoxy groups -OCH3 is 1. The van der Waals surface area contributed by atoms with Gasteiger partial charge in [-0.15, -0.1) is 0 Å². The Morgan fingerprint density at radius 1 is 1.18 bits per heavy atom. The zero-order chi connectivity index (χ0) is 28.2. The van der Waals surface area contributed by atoms with Crippen molar-refractivity contribution < 1.29 is 36.6 Å². The van der Waals surface area contributed by atoms with Crippen molar-refractivity contribution in [3.63, 3.8) is 0 Å². The Kier molecular flexibility index (Phi) is 8.70. The number of pyridine rings is 1. The second kappa shape index (κ2) is 12.0. The first kappa shape index (κ1) is 28.3. The number of aliphatic carboxylic acids is 1. The largest absolute Gasteiger partial charge is 0.497 e. The number of carboxylic acid groups (broad SMARTS) is 1. The molecule has 10 heteroatoms. The van der Waals surface area contributed by atoms with E-state index in [2.05, 4.69) is 16.8 Å². The Hall–Kier alpha value is -3.71. The molecule has 1 saturated heterocycles. The maximum Gasteiger partial charge on any atom is 0.309 e. The van der Waals surface area contributed by atoms with Gasteiger partial charge in [0, 0.05) is 41.4 Å². The third kappa shape index (κ3) is 6.14. The summed E-state index contributed by atoms with van der Waals surface area (Å²) in [6.07, 6.45) is 0.130. The molecule has 1 aliphatic heterocycles. The Morgan fingerprint density at radius 2 is 1.87 bits per heavy atom. The molecule has 1 fully saturated rings. The Labute approximate surface area is 222 Å². The molecule has 0 spiro atoms. The van der Waals surface area contributed by atoms with Crippen LogP contribution in [0, 0.1) is 34.7 Å². The van der Waals surface area contributed by atoms with Crippen LogP contribution in [-0.4, -0.2) is 47.7 Å². The molecule has 5 nitrogen and oxygen atoms in total. The predicted molar refractivity (Wildman–Crippen MR) is 135 cm³/mol. The van der Waals surface area contributed by atoms with Gasteiger partial charge in [0.25, 0.3) is 0 Å². The summed E-state index contributed by atoms with van der Waals surface area (Å²) >= 11 is 0. The molecule has 206 valence electrons. The number of benzene rings is 2. The fourth-order valence-electron chi connectivity index (χ4n) is 4.98. The van der Waals surface area contributed by atoms with Gasteiger partial charge >= 0.3 is 5.97 Å². The van der Waals surface area contributed by atoms with Crippen LogP contribution in [-0.2, 0) is 11.5 Å². The van der Waals surface area contributed by atoms with Gasteiger partial charge in [0.05, 0.1) is 24.6 Å². The SMILES string of the molecule is COc1ccc2ncc(CF)c([C@@H](F)CCC3(C(=O)O)CCN(CC#Cc4cc(F)c(F)c(F)c4)CC3)c2c1. The second-order valence-electron chi connectivity index (χ2n) is 9.64. The van der Waals surface area contributed by atoms with E-state index < -0.39 is 41.7 Å². The minimum absolute atomic E-state index is 0.00816. The number of hydrogen-bond donors (Lipinski definition) is 1. The van der Waals surface area contributed by atoms with E-state index in [1.54, 1.807) is 18.2 Å². The van der Waals surface area contributed by atoms with Gasteiger partial charge in [0.15, 0.2) is 17.5 Å². The number of piperidine rings is 1. The second-order valence-corrected chi connectivity index (χ2v) is 9.64. The number of aromatic nitrogens is 1. The summed E-state index contributed by atoms with van der Waals surface area (Å²) in [7, 11) is 1.47. The predicted octanol–water partition coefficient (Wildman–Crippen LogP) is 6.14. The lowest BCUT2D eigenvalue weighted by Crippen LogP contribution is -2.44. The van der Waals surface area contributed by atoms with Gasteiger partial charge < -0.3 is 9.84 Å². The van der Waals surface area contributed by atoms with Gasteiger partial charge in [0.1, 0.15) is 18.6 Å². The highest BCUT2D eigenvalue weighted by atomic mass is 19.2. The summed E-state index contributed by atoms with van der Waals surface area (Å²) in [6, 6.07) is 6.55. The molecule has 0 radical (unpaired) electrons. The Bertz CT molecular complexity index is 1400. The number of carbonyl (C=O) groups is 1. The normalized spacial score (nSPS) is 15.9. The number of ether oxygens (including phenoxy) is 1. The molecular weight excluding hydrogens is 519 g/mol. The van der Waals surface area contributed by atoms with Crippen LogP contribution in [0.2, 0.25) is 0 Å². The van der Waals surface area contributed by atoms with E-state index in [1.807, 2.05) is 4.90 Å². The number of rotatable bonds is 8. The molecule has 1 atom stereocenters. The van der Waals surface area contributed by atoms with Crippen LogP contribution in [0.3, 0.4) is 0 Å². The van der Waals surface area contributed by atoms with Crippen LogP contribution >= 0.6 is 0 Å². The average Bonchev–Trinajstić information content (AvgIpc) is 2.94. The Morgan fingerprint density at radius 3 is 2.49 bits per heavy atom. The first-order valence-corrected chi connectivity index (χ1v) is 12.4. The van der Waals surface area contributed by atoms with Crippen molar-refractivity contribution in [2.24, 2.45) is 5.41 Å². The molecule has 0 unspecified atom stereocenters. The lowest BCUT2D eigenvalue weighted by atomic mass is 9.74. The standard InChI is InChI=1S/C29H27F5N2O3/c1-39-20-4-5-25-21(15-20)26(19(16-30)17-35-25)22(31)6-7-29(28(37)38)8-11-36(12-9-29)10-2-3-18-13-23(32)27(34)24(33)14-18/h4-5,13-15,17,22H,6-12,16H2,1H3,(H,37,38)/t22-/m0/s1. The summed E-state index contributed by atoms with van der Waals surface area (Å²) in [5.74, 6) is 0.597. The van der Waals surface area contributed by atoms with Gasteiger partial charge in [-0.1, -0.05) is 11.8 Å². The molecular formula is C29H27F5N2O3. The highest BCUT2D eigenvalue weighted by molar-refractivity contribution is 5.85. The summed E-state index contributed by atoms with van der Waals surface area (Å²) in [4.78, 5) is 18.4. The summed E-state index contributed by atoms with van der Waals surface area (Å²) in [5, 5.41) is 10.5. The maximum atomic E-state index is 15.7. The van der Waals surface area contributed by atoms with Crippen molar-refractivity contribution in [1.29, 1.82) is 0 Å². The average molecular weight is 547 g/mol. The summed E-state index contributed by atoms with van der Waals surface area (Å²) < 4.78 is 74.5. The molecule has 2 aromatic carbocycles. The first-order chi connectivity index (χ1) is 18.7. The molecule has 0 amide bonds. The number of halogens is 5. The van der Waals surface area contributed by atoms with Gasteiger partial charge in [0.2, 0.25) is 0 Å². The number of nitrogens with zero attached hydrogens (tertiary/aromatic N) is 2. The van der Waals surface area contributed by atoms with Crippen molar-refractivity contribution >= 4 is 16.9 Å². The fraction of sp³-hybridized carbons (Fsp3) is 0.379. The van der Waals surface area contributed by atoms with Crippen molar-refractivity contribution in [2.45, 2.75) is 38.5 Å². The van der Waals surface area contributed by atoms with E-state index in [4.69, 9.17) is 4.74 Å². The molecule has 1 aliphatic rings. The lowest BCUT2D eigenvalue weighted by Gasteiger charge is -2.38. The lowest BCUT2D eigenvalue weighted by molar-refractivity contribution is -0.152. The van der Waals surface area contributed by atoms with E-state index in [9.17, 15) is 27.5 Å². The van der Waals surface area contributed by atoms with Crippen molar-refractivity contribution in [3.05, 3.63) is 70.7 Å². The molecule has 0 bridgehead atoms. The first-order valence-electron chi connectivity index (χ1n) is 12.4. The molecule has 4 rings (SSSR count). The van der Waals surface area contributed by atoms with Crippen LogP contribution < -0.4 is 4.74 Å². The number of likely N-dealkylation sites (tertiary alicyclic amines) is 1. The third-order valence-corrected chi connectivity index (χ3v) is 7.32. The zero-order valence-corrected chi connectivity index (χ0v) is 21.2. The summed E-state index contributed by atoms with van der Waals surface area (Å²) in [5.41, 5.74) is -0.413. The van der Waals surface area contributed by atoms with Crippen molar-refractivity contribution in [3.8, 4) is 17.6 Å². The van der Waals surface area contributed by atoms with E-state index in [1.165, 1.54) is 13.3 Å². The highest BCUT2D eigenvalue weighted by Crippen LogP contribution is 2.41. The Balaban J connectivity index is 1.43. The quantitative estimate of drug-likeness (QED) is 0.209. The number of hydrogen-bond acceptors (Lipinski definition) is 4. The van der Waals surface area contributed by atoms with Crippen LogP contribution in [0.5, 0.6) is 5.75 Å². The van der Waals surface area contributed by atoms with Crippen LogP contribution in [0.25, 0.3) is 10.9 Å². The number of carboxylic acids is 1. The van der Waals surface area contributed by atoms with E-state index in [-0.39, 0.29) is 48.9 Å². The number of alkyl halides is 2. The van der Waals surface area contributed by atoms with Crippen LogP contribution in [0.1, 0.15) is 48.5 Å². The minimum atomic E-state index is -1.61. The maximum absolute atomic E-state index is 15.7. The van der Waals surface area contributed by atoms with E-state index in [0.29, 0.717) is 29.7 Å². The fourth-order valence-corrected chi connectivity index (χ4v) is 4.98. The van der Waals surface area contributed by atoms with Gasteiger partial charge in [-0.25, -0.2) is 22.0 Å². The van der Waals surface area contributed by atoms with Gasteiger partial charge in [-0.2, -0.15) is 0 Å². The molecule has 0 aliphatic carbocycles. The van der Waals surface area contributed by atoms with Gasteiger partial charge in [-0.3, -0.25) is 14.7 Å². The molecule has 39 heavy (non-hydrogen) atoms. The van der Waals surface area contributed by atoms with Crippen LogP contribution in [0.15, 0.2) is 36.5 Å². The third-order valence-electron chi connectivity index (χ3n) is 7.32. The molecule has 1 aromatic heterocycles. The number of fused-ring (bicyclic) bond motifs is 1. The smallest absolute Gasteiger partial charge is 0.309 e. The zero-order valence-electron chi connectivity index (χ0n) is 21.2. The molecule has 0 saturated carbocycles. The monoisotopic (exact) mass is 546 g/mol. The molecule has 2 heterocycles. The van der Waals surface area contributed by atoms with Gasteiger partial charge in [-0.05, 0) is 56.0 Å². The van der Waals surface area contributed by atoms with Crippen molar-refractivity contribution in [1.82, 2.24) is 9.88 Å². The van der Waals surface area contributed by atoms with Crippen LogP contribution in [0.4, 0.5) is 22.0 Å². The minimum Gasteiger partial charge on any atom is -0.497 e. The summed E-state index contributed by atoms with van der Waals surface area (Å²) in [6.45, 7) is 0.0459. The molecule has 1 N–H and O–H groups in total. The molecule has 3 aromatic rings. The highest BCUT2D eigenvalue weighted by Gasteiger charge is 2.41.